The number of hydrazone groups is 1. The third-order valence-electron chi connectivity index (χ3n) is 2.89. The molecule has 2 rings (SSSR count). The molecule has 0 aliphatic rings. The van der Waals surface area contributed by atoms with Gasteiger partial charge >= 0.3 is 0 Å². The molecule has 0 unspecified atom stereocenters. The van der Waals surface area contributed by atoms with E-state index in [0.29, 0.717) is 10.9 Å². The minimum absolute atomic E-state index is 0.0872. The number of hydrogen-bond acceptors (Lipinski definition) is 4. The standard InChI is InChI=1S/C16H17N3O2S/c1-11-3-6-13(7-4-11)18-16(22)19-17-10-12-5-8-14(20)15(9-12)21-2/h3-10,20H,1-2H3,(H2,18,19,22)/b17-10-. The SMILES string of the molecule is COc1cc(/C=N\NC(=S)Nc2ccc(C)cc2)ccc1O. The smallest absolute Gasteiger partial charge is 0.191 e. The van der Waals surface area contributed by atoms with E-state index in [2.05, 4.69) is 15.8 Å². The van der Waals surface area contributed by atoms with Crippen LogP contribution in [0.1, 0.15) is 11.1 Å². The monoisotopic (exact) mass is 315 g/mol. The predicted octanol–water partition coefficient (Wildman–Crippen LogP) is 3.03. The van der Waals surface area contributed by atoms with Gasteiger partial charge < -0.3 is 15.2 Å². The zero-order valence-electron chi connectivity index (χ0n) is 12.3. The van der Waals surface area contributed by atoms with Crippen LogP contribution in [-0.4, -0.2) is 23.5 Å². The number of nitrogens with one attached hydrogen (secondary N) is 2. The molecule has 0 bridgehead atoms. The predicted molar refractivity (Wildman–Crippen MR) is 92.8 cm³/mol. The van der Waals surface area contributed by atoms with Crippen LogP contribution in [0.25, 0.3) is 0 Å². The molecule has 2 aromatic carbocycles. The molecule has 0 radical (unpaired) electrons. The quantitative estimate of drug-likeness (QED) is 0.460. The molecule has 0 aliphatic heterocycles. The molecule has 22 heavy (non-hydrogen) atoms. The highest BCUT2D eigenvalue weighted by atomic mass is 32.1. The van der Waals surface area contributed by atoms with Crippen molar-refractivity contribution in [3.8, 4) is 11.5 Å². The van der Waals surface area contributed by atoms with Gasteiger partial charge in [-0.25, -0.2) is 0 Å². The molecule has 0 aromatic heterocycles. The number of ether oxygens (including phenoxy) is 1. The summed E-state index contributed by atoms with van der Waals surface area (Å²) in [4.78, 5) is 0. The Balaban J connectivity index is 1.91. The highest BCUT2D eigenvalue weighted by Crippen LogP contribution is 2.25. The zero-order chi connectivity index (χ0) is 15.9. The van der Waals surface area contributed by atoms with E-state index in [1.807, 2.05) is 31.2 Å². The molecule has 3 N–H and O–H groups in total. The highest BCUT2D eigenvalue weighted by Gasteiger charge is 2.01. The Bertz CT molecular complexity index is 684. The van der Waals surface area contributed by atoms with E-state index in [0.717, 1.165) is 11.3 Å². The number of methoxy groups -OCH3 is 1. The maximum absolute atomic E-state index is 9.52. The van der Waals surface area contributed by atoms with Gasteiger partial charge in [-0.05, 0) is 55.0 Å². The van der Waals surface area contributed by atoms with E-state index in [4.69, 9.17) is 17.0 Å². The van der Waals surface area contributed by atoms with Crippen LogP contribution in [0.15, 0.2) is 47.6 Å². The van der Waals surface area contributed by atoms with E-state index < -0.39 is 0 Å². The largest absolute Gasteiger partial charge is 0.504 e. The number of phenolic OH excluding ortho intramolecular Hbond substituents is 1. The topological polar surface area (TPSA) is 65.9 Å². The van der Waals surface area contributed by atoms with E-state index >= 15 is 0 Å². The molecule has 0 fully saturated rings. The lowest BCUT2D eigenvalue weighted by Crippen LogP contribution is -2.23. The molecule has 5 nitrogen and oxygen atoms in total. The van der Waals surface area contributed by atoms with Crippen molar-refractivity contribution in [2.75, 3.05) is 12.4 Å². The van der Waals surface area contributed by atoms with Crippen LogP contribution in [0, 0.1) is 6.92 Å². The second kappa shape index (κ2) is 7.42. The number of aromatic hydroxyl groups is 1. The Morgan fingerprint density at radius 3 is 2.64 bits per heavy atom. The van der Waals surface area contributed by atoms with Gasteiger partial charge in [0.2, 0.25) is 0 Å². The lowest BCUT2D eigenvalue weighted by Gasteiger charge is -2.07. The number of phenols is 1. The van der Waals surface area contributed by atoms with Gasteiger partial charge in [-0.2, -0.15) is 5.10 Å². The zero-order valence-corrected chi connectivity index (χ0v) is 13.1. The average Bonchev–Trinajstić information content (AvgIpc) is 2.51. The fraction of sp³-hybridized carbons (Fsp3) is 0.125. The number of nitrogens with zero attached hydrogens (tertiary/aromatic N) is 1. The summed E-state index contributed by atoms with van der Waals surface area (Å²) in [6.45, 7) is 2.02. The first kappa shape index (κ1) is 15.8. The summed E-state index contributed by atoms with van der Waals surface area (Å²) in [6, 6.07) is 12.8. The first-order valence-electron chi connectivity index (χ1n) is 6.62. The second-order valence-electron chi connectivity index (χ2n) is 4.62. The Labute approximate surface area is 134 Å². The molecule has 0 atom stereocenters. The number of rotatable bonds is 4. The van der Waals surface area contributed by atoms with Gasteiger partial charge in [-0.15, -0.1) is 0 Å². The van der Waals surface area contributed by atoms with Crippen LogP contribution in [0.4, 0.5) is 5.69 Å². The van der Waals surface area contributed by atoms with Crippen molar-refractivity contribution in [1.82, 2.24) is 5.43 Å². The molecule has 114 valence electrons. The minimum Gasteiger partial charge on any atom is -0.504 e. The summed E-state index contributed by atoms with van der Waals surface area (Å²) < 4.78 is 5.03. The minimum atomic E-state index is 0.0872. The number of aryl methyl sites for hydroxylation is 1. The first-order valence-corrected chi connectivity index (χ1v) is 7.03. The van der Waals surface area contributed by atoms with Gasteiger partial charge in [0.1, 0.15) is 0 Å². The number of benzene rings is 2. The van der Waals surface area contributed by atoms with Crippen LogP contribution >= 0.6 is 12.2 Å². The molecule has 2 aromatic rings. The Morgan fingerprint density at radius 1 is 1.23 bits per heavy atom. The van der Waals surface area contributed by atoms with Crippen LogP contribution < -0.4 is 15.5 Å². The summed E-state index contributed by atoms with van der Waals surface area (Å²) in [7, 11) is 1.49. The molecule has 0 aliphatic carbocycles. The Hall–Kier alpha value is -2.60. The van der Waals surface area contributed by atoms with Gasteiger partial charge in [0.05, 0.1) is 13.3 Å². The molecule has 0 heterocycles. The summed E-state index contributed by atoms with van der Waals surface area (Å²) in [5.41, 5.74) is 5.59. The van der Waals surface area contributed by atoms with Crippen LogP contribution in [0.3, 0.4) is 0 Å². The van der Waals surface area contributed by atoms with Gasteiger partial charge in [-0.3, -0.25) is 5.43 Å². The number of thiocarbonyl (C=S) groups is 1. The van der Waals surface area contributed by atoms with E-state index in [9.17, 15) is 5.11 Å². The molecule has 0 saturated carbocycles. The maximum atomic E-state index is 9.52. The van der Waals surface area contributed by atoms with Crippen molar-refractivity contribution in [2.45, 2.75) is 6.92 Å². The highest BCUT2D eigenvalue weighted by molar-refractivity contribution is 7.80. The van der Waals surface area contributed by atoms with Gasteiger partial charge in [0.25, 0.3) is 0 Å². The molecule has 0 spiro atoms. The number of anilines is 1. The summed E-state index contributed by atoms with van der Waals surface area (Å²) >= 11 is 5.15. The van der Waals surface area contributed by atoms with Crippen molar-refractivity contribution in [3.63, 3.8) is 0 Å². The summed E-state index contributed by atoms with van der Waals surface area (Å²) in [6.07, 6.45) is 1.59. The molecule has 0 amide bonds. The third-order valence-corrected chi connectivity index (χ3v) is 3.09. The van der Waals surface area contributed by atoms with E-state index in [-0.39, 0.29) is 5.75 Å². The van der Waals surface area contributed by atoms with E-state index in [1.54, 1.807) is 24.4 Å². The molecular formula is C16H17N3O2S. The Kier molecular flexibility index (Phi) is 5.32. The van der Waals surface area contributed by atoms with Crippen molar-refractivity contribution < 1.29 is 9.84 Å². The van der Waals surface area contributed by atoms with E-state index in [1.165, 1.54) is 12.7 Å². The average molecular weight is 315 g/mol. The lowest BCUT2D eigenvalue weighted by molar-refractivity contribution is 0.373. The Morgan fingerprint density at radius 2 is 1.95 bits per heavy atom. The van der Waals surface area contributed by atoms with Gasteiger partial charge in [0, 0.05) is 5.69 Å². The normalized spacial score (nSPS) is 10.5. The van der Waals surface area contributed by atoms with Gasteiger partial charge in [0.15, 0.2) is 16.6 Å². The fourth-order valence-electron chi connectivity index (χ4n) is 1.74. The van der Waals surface area contributed by atoms with Crippen LogP contribution in [0.2, 0.25) is 0 Å². The molecule has 0 saturated heterocycles. The second-order valence-corrected chi connectivity index (χ2v) is 5.03. The van der Waals surface area contributed by atoms with Crippen molar-refractivity contribution in [2.24, 2.45) is 5.10 Å². The van der Waals surface area contributed by atoms with Crippen LogP contribution in [-0.2, 0) is 0 Å². The maximum Gasteiger partial charge on any atom is 0.191 e. The van der Waals surface area contributed by atoms with Crippen molar-refractivity contribution >= 4 is 29.2 Å². The first-order chi connectivity index (χ1) is 10.6. The third kappa shape index (κ3) is 4.46. The fourth-order valence-corrected chi connectivity index (χ4v) is 1.91. The van der Waals surface area contributed by atoms with Crippen molar-refractivity contribution in [1.29, 1.82) is 0 Å². The van der Waals surface area contributed by atoms with Crippen LogP contribution in [0.5, 0.6) is 11.5 Å². The number of hydrogen-bond donors (Lipinski definition) is 3. The molecular weight excluding hydrogens is 298 g/mol. The van der Waals surface area contributed by atoms with Crippen molar-refractivity contribution in [3.05, 3.63) is 53.6 Å². The molecule has 6 heteroatoms. The van der Waals surface area contributed by atoms with Gasteiger partial charge in [-0.1, -0.05) is 17.7 Å². The lowest BCUT2D eigenvalue weighted by atomic mass is 10.2. The summed E-state index contributed by atoms with van der Waals surface area (Å²) in [5, 5.41) is 17.0. The summed E-state index contributed by atoms with van der Waals surface area (Å²) in [5.74, 6) is 0.480.